The number of carbonyl (C=O) groups excluding carboxylic acids is 3. The number of carbonyl (C=O) groups is 3. The predicted octanol–water partition coefficient (Wildman–Crippen LogP) is 5.69. The summed E-state index contributed by atoms with van der Waals surface area (Å²) in [5.41, 5.74) is -0.729. The Morgan fingerprint density at radius 1 is 1.07 bits per heavy atom. The van der Waals surface area contributed by atoms with E-state index >= 15 is 0 Å². The van der Waals surface area contributed by atoms with E-state index in [1.807, 2.05) is 24.8 Å². The SMILES string of the molecule is CCN(C(=O)Oc1ccc(F)cc1)[C@]1(C(=O)C2CCN(C(=O)C3(C)CC3)CC2)CNC[C@H]1c1ccc(Cl)c(Cl)c1. The molecule has 10 heteroatoms. The minimum Gasteiger partial charge on any atom is -0.410 e. The molecule has 0 unspecified atom stereocenters. The van der Waals surface area contributed by atoms with Crippen LogP contribution in [-0.4, -0.2) is 65.8 Å². The number of rotatable bonds is 7. The molecule has 2 amide bonds. The number of ketones is 1. The van der Waals surface area contributed by atoms with Gasteiger partial charge in [0.2, 0.25) is 5.91 Å². The summed E-state index contributed by atoms with van der Waals surface area (Å²) in [6.45, 7) is 5.72. The van der Waals surface area contributed by atoms with Crippen LogP contribution < -0.4 is 10.1 Å². The van der Waals surface area contributed by atoms with Crippen LogP contribution in [0.15, 0.2) is 42.5 Å². The first kappa shape index (κ1) is 28.8. The maximum Gasteiger partial charge on any atom is 0.416 e. The van der Waals surface area contributed by atoms with Gasteiger partial charge in [-0.3, -0.25) is 14.5 Å². The minimum absolute atomic E-state index is 0.0591. The number of nitrogens with one attached hydrogen (secondary N) is 1. The zero-order valence-corrected chi connectivity index (χ0v) is 24.2. The number of ether oxygens (including phenoxy) is 1. The molecule has 1 aliphatic carbocycles. The predicted molar refractivity (Wildman–Crippen MR) is 151 cm³/mol. The third kappa shape index (κ3) is 5.33. The van der Waals surface area contributed by atoms with Crippen molar-refractivity contribution in [3.8, 4) is 5.75 Å². The molecule has 3 fully saturated rings. The highest BCUT2D eigenvalue weighted by Crippen LogP contribution is 2.47. The van der Waals surface area contributed by atoms with Gasteiger partial charge in [0, 0.05) is 50.0 Å². The second kappa shape index (κ2) is 11.3. The molecule has 40 heavy (non-hydrogen) atoms. The van der Waals surface area contributed by atoms with Gasteiger partial charge in [0.25, 0.3) is 0 Å². The van der Waals surface area contributed by atoms with Crippen LogP contribution >= 0.6 is 23.2 Å². The Balaban J connectivity index is 1.47. The molecule has 2 aromatic carbocycles. The Morgan fingerprint density at radius 3 is 2.35 bits per heavy atom. The molecule has 5 rings (SSSR count). The first-order valence-corrected chi connectivity index (χ1v) is 14.6. The van der Waals surface area contributed by atoms with Gasteiger partial charge in [0.1, 0.15) is 17.1 Å². The quantitative estimate of drug-likeness (QED) is 0.449. The fourth-order valence-electron chi connectivity index (χ4n) is 6.21. The van der Waals surface area contributed by atoms with E-state index in [9.17, 15) is 18.8 Å². The molecule has 2 saturated heterocycles. The summed E-state index contributed by atoms with van der Waals surface area (Å²) in [6, 6.07) is 10.5. The fourth-order valence-corrected chi connectivity index (χ4v) is 6.52. The van der Waals surface area contributed by atoms with Crippen LogP contribution in [0, 0.1) is 17.2 Å². The van der Waals surface area contributed by atoms with Crippen molar-refractivity contribution in [2.75, 3.05) is 32.7 Å². The van der Waals surface area contributed by atoms with E-state index in [0.717, 1.165) is 18.4 Å². The van der Waals surface area contributed by atoms with E-state index in [1.165, 1.54) is 29.2 Å². The number of hydrogen-bond donors (Lipinski definition) is 1. The van der Waals surface area contributed by atoms with E-state index in [0.29, 0.717) is 42.5 Å². The van der Waals surface area contributed by atoms with Gasteiger partial charge in [0.15, 0.2) is 5.78 Å². The molecule has 0 aromatic heterocycles. The Bertz CT molecular complexity index is 1290. The molecule has 2 atom stereocenters. The number of amides is 2. The molecule has 2 aromatic rings. The van der Waals surface area contributed by atoms with Crippen LogP contribution in [0.5, 0.6) is 5.75 Å². The van der Waals surface area contributed by atoms with Gasteiger partial charge in [-0.25, -0.2) is 9.18 Å². The lowest BCUT2D eigenvalue weighted by Crippen LogP contribution is -2.64. The third-order valence-electron chi connectivity index (χ3n) is 8.80. The lowest BCUT2D eigenvalue weighted by molar-refractivity contribution is -0.142. The van der Waals surface area contributed by atoms with Gasteiger partial charge in [-0.05, 0) is 74.6 Å². The van der Waals surface area contributed by atoms with Gasteiger partial charge in [-0.2, -0.15) is 0 Å². The number of hydrogen-bond acceptors (Lipinski definition) is 5. The molecule has 2 aliphatic heterocycles. The van der Waals surface area contributed by atoms with Crippen LogP contribution in [0.4, 0.5) is 9.18 Å². The fraction of sp³-hybridized carbons (Fsp3) is 0.500. The molecular weight excluding hydrogens is 556 g/mol. The van der Waals surface area contributed by atoms with Crippen molar-refractivity contribution >= 4 is 41.0 Å². The summed E-state index contributed by atoms with van der Waals surface area (Å²) in [7, 11) is 0. The highest BCUT2D eigenvalue weighted by molar-refractivity contribution is 6.42. The van der Waals surface area contributed by atoms with Crippen molar-refractivity contribution in [2.24, 2.45) is 11.3 Å². The first-order chi connectivity index (χ1) is 19.1. The van der Waals surface area contributed by atoms with E-state index in [1.54, 1.807) is 12.1 Å². The molecular formula is C30H34Cl2FN3O4. The van der Waals surface area contributed by atoms with Gasteiger partial charge in [-0.15, -0.1) is 0 Å². The molecule has 0 radical (unpaired) electrons. The number of likely N-dealkylation sites (N-methyl/N-ethyl adjacent to an activating group) is 1. The van der Waals surface area contributed by atoms with E-state index < -0.39 is 23.4 Å². The highest BCUT2D eigenvalue weighted by Gasteiger charge is 2.57. The molecule has 2 heterocycles. The number of benzene rings is 2. The van der Waals surface area contributed by atoms with Crippen molar-refractivity contribution in [1.82, 2.24) is 15.1 Å². The number of piperidine rings is 1. The average molecular weight is 591 g/mol. The van der Waals surface area contributed by atoms with Gasteiger partial charge in [0.05, 0.1) is 10.0 Å². The Morgan fingerprint density at radius 2 is 1.75 bits per heavy atom. The summed E-state index contributed by atoms with van der Waals surface area (Å²) in [5, 5.41) is 4.12. The van der Waals surface area contributed by atoms with E-state index in [2.05, 4.69) is 5.32 Å². The van der Waals surface area contributed by atoms with Crippen LogP contribution in [0.1, 0.15) is 51.0 Å². The molecule has 7 nitrogen and oxygen atoms in total. The largest absolute Gasteiger partial charge is 0.416 e. The van der Waals surface area contributed by atoms with Gasteiger partial charge >= 0.3 is 6.09 Å². The Hall–Kier alpha value is -2.68. The molecule has 214 valence electrons. The van der Waals surface area contributed by atoms with Gasteiger partial charge in [-0.1, -0.05) is 36.2 Å². The Labute approximate surface area is 243 Å². The summed E-state index contributed by atoms with van der Waals surface area (Å²) in [5.74, 6) is -0.906. The van der Waals surface area contributed by atoms with Gasteiger partial charge < -0.3 is 15.0 Å². The second-order valence-corrected chi connectivity index (χ2v) is 12.2. The summed E-state index contributed by atoms with van der Waals surface area (Å²) >= 11 is 12.6. The Kier molecular flexibility index (Phi) is 8.15. The number of likely N-dealkylation sites (tertiary alicyclic amines) is 1. The van der Waals surface area contributed by atoms with Crippen molar-refractivity contribution in [3.63, 3.8) is 0 Å². The highest BCUT2D eigenvalue weighted by atomic mass is 35.5. The lowest BCUT2D eigenvalue weighted by Gasteiger charge is -2.45. The smallest absolute Gasteiger partial charge is 0.410 e. The lowest BCUT2D eigenvalue weighted by atomic mass is 9.71. The van der Waals surface area contributed by atoms with Crippen molar-refractivity contribution in [1.29, 1.82) is 0 Å². The topological polar surface area (TPSA) is 79.0 Å². The summed E-state index contributed by atoms with van der Waals surface area (Å²) < 4.78 is 19.1. The van der Waals surface area contributed by atoms with E-state index in [-0.39, 0.29) is 41.9 Å². The van der Waals surface area contributed by atoms with Crippen LogP contribution in [0.25, 0.3) is 0 Å². The summed E-state index contributed by atoms with van der Waals surface area (Å²) in [4.78, 5) is 44.6. The van der Waals surface area contributed by atoms with Crippen LogP contribution in [0.2, 0.25) is 10.0 Å². The molecule has 1 N–H and O–H groups in total. The maximum atomic E-state index is 14.6. The third-order valence-corrected chi connectivity index (χ3v) is 9.54. The second-order valence-electron chi connectivity index (χ2n) is 11.3. The monoisotopic (exact) mass is 589 g/mol. The summed E-state index contributed by atoms with van der Waals surface area (Å²) in [6.07, 6.45) is 2.19. The molecule has 0 spiro atoms. The van der Waals surface area contributed by atoms with Crippen LogP contribution in [0.3, 0.4) is 0 Å². The van der Waals surface area contributed by atoms with Crippen molar-refractivity contribution in [2.45, 2.75) is 51.0 Å². The van der Waals surface area contributed by atoms with E-state index in [4.69, 9.17) is 27.9 Å². The number of nitrogens with zero attached hydrogens (tertiary/aromatic N) is 2. The average Bonchev–Trinajstić information content (AvgIpc) is 3.56. The zero-order valence-electron chi connectivity index (χ0n) is 22.7. The normalized spacial score (nSPS) is 24.0. The van der Waals surface area contributed by atoms with Crippen LogP contribution in [-0.2, 0) is 9.59 Å². The molecule has 1 saturated carbocycles. The minimum atomic E-state index is -1.26. The standard InChI is InChI=1S/C30H34Cl2FN3O4/c1-3-36(28(39)40-22-7-5-21(33)6-8-22)30(18-34-17-23(30)20-4-9-24(31)25(32)16-20)26(37)19-10-14-35(15-11-19)27(38)29(2)12-13-29/h4-9,16,19,23,34H,3,10-15,17-18H2,1-2H3/t23-,30+/m0/s1. The molecule has 0 bridgehead atoms. The van der Waals surface area contributed by atoms with Crippen molar-refractivity contribution in [3.05, 3.63) is 63.9 Å². The number of halogens is 3. The van der Waals surface area contributed by atoms with Crippen molar-refractivity contribution < 1.29 is 23.5 Å². The first-order valence-electron chi connectivity index (χ1n) is 13.8. The maximum absolute atomic E-state index is 14.6. The number of Topliss-reactive ketones (excluding diaryl/α,β-unsaturated/α-hetero) is 1. The molecule has 3 aliphatic rings. The zero-order chi connectivity index (χ0) is 28.7.